The number of hydrazone groups is 1. The third kappa shape index (κ3) is 3.59. The zero-order valence-corrected chi connectivity index (χ0v) is 10.6. The zero-order valence-electron chi connectivity index (χ0n) is 10.6. The summed E-state index contributed by atoms with van der Waals surface area (Å²) in [4.78, 5) is 1.77. The fourth-order valence-corrected chi connectivity index (χ4v) is 1.45. The van der Waals surface area contributed by atoms with E-state index in [0.29, 0.717) is 13.1 Å². The molecule has 0 unspecified atom stereocenters. The highest BCUT2D eigenvalue weighted by atomic mass is 15.3. The molecular formula is C13H17N5. The van der Waals surface area contributed by atoms with E-state index < -0.39 is 0 Å². The van der Waals surface area contributed by atoms with Gasteiger partial charge >= 0.3 is 0 Å². The molecule has 5 nitrogen and oxygen atoms in total. The van der Waals surface area contributed by atoms with Crippen LogP contribution in [-0.2, 0) is 0 Å². The number of rotatable bonds is 5. The maximum absolute atomic E-state index is 9.03. The van der Waals surface area contributed by atoms with Crippen LogP contribution in [0.5, 0.6) is 0 Å². The molecule has 0 saturated heterocycles. The van der Waals surface area contributed by atoms with E-state index in [1.165, 1.54) is 0 Å². The smallest absolute Gasteiger partial charge is 0.202 e. The van der Waals surface area contributed by atoms with E-state index in [1.54, 1.807) is 4.90 Å². The van der Waals surface area contributed by atoms with Crippen LogP contribution in [0, 0.1) is 16.7 Å². The van der Waals surface area contributed by atoms with E-state index in [9.17, 15) is 0 Å². The van der Waals surface area contributed by atoms with Gasteiger partial charge in [-0.05, 0) is 26.0 Å². The van der Waals surface area contributed by atoms with Gasteiger partial charge in [-0.3, -0.25) is 10.8 Å². The SMILES string of the molecule is CCN(CC)C(=N)/C(C#N)=N/Nc1ccccc1. The summed E-state index contributed by atoms with van der Waals surface area (Å²) in [5.74, 6) is 0.144. The van der Waals surface area contributed by atoms with Gasteiger partial charge in [0.2, 0.25) is 5.71 Å². The molecule has 94 valence electrons. The Hall–Kier alpha value is -2.35. The maximum Gasteiger partial charge on any atom is 0.202 e. The van der Waals surface area contributed by atoms with E-state index in [0.717, 1.165) is 5.69 Å². The van der Waals surface area contributed by atoms with E-state index in [4.69, 9.17) is 10.7 Å². The molecule has 0 radical (unpaired) electrons. The number of hydrogen-bond acceptors (Lipinski definition) is 4. The summed E-state index contributed by atoms with van der Waals surface area (Å²) >= 11 is 0. The molecule has 0 aliphatic carbocycles. The molecule has 0 amide bonds. The Morgan fingerprint density at radius 1 is 1.33 bits per heavy atom. The van der Waals surface area contributed by atoms with Gasteiger partial charge in [0.25, 0.3) is 0 Å². The zero-order chi connectivity index (χ0) is 13.4. The van der Waals surface area contributed by atoms with Crippen molar-refractivity contribution in [3.63, 3.8) is 0 Å². The Labute approximate surface area is 107 Å². The number of nitrogens with zero attached hydrogens (tertiary/aromatic N) is 3. The molecule has 2 N–H and O–H groups in total. The molecule has 0 atom stereocenters. The standard InChI is InChI=1S/C13H17N5/c1-3-18(4-2)13(15)12(10-14)17-16-11-8-6-5-7-9-11/h5-9,15-16H,3-4H2,1-2H3/b15-13?,17-12+. The van der Waals surface area contributed by atoms with Crippen LogP contribution in [0.3, 0.4) is 0 Å². The number of amidine groups is 1. The first-order valence-corrected chi connectivity index (χ1v) is 5.85. The number of anilines is 1. The molecule has 1 rings (SSSR count). The maximum atomic E-state index is 9.03. The Bertz CT molecular complexity index is 454. The van der Waals surface area contributed by atoms with Crippen LogP contribution in [0.1, 0.15) is 13.8 Å². The molecular weight excluding hydrogens is 226 g/mol. The summed E-state index contributed by atoms with van der Waals surface area (Å²) < 4.78 is 0. The summed E-state index contributed by atoms with van der Waals surface area (Å²) in [6.45, 7) is 5.25. The average molecular weight is 243 g/mol. The van der Waals surface area contributed by atoms with Crippen LogP contribution in [0.2, 0.25) is 0 Å². The molecule has 18 heavy (non-hydrogen) atoms. The highest BCUT2D eigenvalue weighted by Crippen LogP contribution is 2.04. The van der Waals surface area contributed by atoms with Gasteiger partial charge in [0.15, 0.2) is 5.84 Å². The Morgan fingerprint density at radius 3 is 2.44 bits per heavy atom. The minimum absolute atomic E-state index is 0.0857. The predicted octanol–water partition coefficient (Wildman–Crippen LogP) is 2.30. The summed E-state index contributed by atoms with van der Waals surface area (Å²) in [5.41, 5.74) is 3.65. The van der Waals surface area contributed by atoms with Crippen LogP contribution in [0.25, 0.3) is 0 Å². The fraction of sp³-hybridized carbons (Fsp3) is 0.308. The quantitative estimate of drug-likeness (QED) is 0.473. The lowest BCUT2D eigenvalue weighted by atomic mass is 10.3. The van der Waals surface area contributed by atoms with Crippen LogP contribution >= 0.6 is 0 Å². The van der Waals surface area contributed by atoms with Gasteiger partial charge < -0.3 is 4.90 Å². The monoisotopic (exact) mass is 243 g/mol. The van der Waals surface area contributed by atoms with Crippen molar-refractivity contribution in [2.45, 2.75) is 13.8 Å². The molecule has 0 saturated carbocycles. The molecule has 0 bridgehead atoms. The second-order valence-electron chi connectivity index (χ2n) is 3.57. The van der Waals surface area contributed by atoms with Crippen molar-refractivity contribution in [1.29, 1.82) is 10.7 Å². The second-order valence-corrected chi connectivity index (χ2v) is 3.57. The predicted molar refractivity (Wildman–Crippen MR) is 73.8 cm³/mol. The van der Waals surface area contributed by atoms with Gasteiger partial charge in [0.1, 0.15) is 6.07 Å². The molecule has 0 spiro atoms. The highest BCUT2D eigenvalue weighted by Gasteiger charge is 2.12. The minimum atomic E-state index is 0.0857. The highest BCUT2D eigenvalue weighted by molar-refractivity contribution is 6.46. The van der Waals surface area contributed by atoms with Gasteiger partial charge in [-0.1, -0.05) is 18.2 Å². The normalized spacial score (nSPS) is 10.6. The lowest BCUT2D eigenvalue weighted by molar-refractivity contribution is 0.468. The van der Waals surface area contributed by atoms with E-state index in [2.05, 4.69) is 10.5 Å². The fourth-order valence-electron chi connectivity index (χ4n) is 1.45. The van der Waals surface area contributed by atoms with Crippen molar-refractivity contribution in [1.82, 2.24) is 4.90 Å². The van der Waals surface area contributed by atoms with Crippen molar-refractivity contribution >= 4 is 17.2 Å². The molecule has 0 aromatic heterocycles. The topological polar surface area (TPSA) is 75.3 Å². The molecule has 1 aromatic carbocycles. The average Bonchev–Trinajstić information content (AvgIpc) is 2.42. The Kier molecular flexibility index (Phi) is 5.39. The van der Waals surface area contributed by atoms with Crippen molar-refractivity contribution < 1.29 is 0 Å². The first-order valence-electron chi connectivity index (χ1n) is 5.85. The van der Waals surface area contributed by atoms with E-state index >= 15 is 0 Å². The number of nitriles is 1. The summed E-state index contributed by atoms with van der Waals surface area (Å²) in [7, 11) is 0. The van der Waals surface area contributed by atoms with Gasteiger partial charge in [0.05, 0.1) is 5.69 Å². The van der Waals surface area contributed by atoms with E-state index in [1.807, 2.05) is 50.2 Å². The second kappa shape index (κ2) is 7.07. The molecule has 0 aliphatic rings. The number of hydrogen-bond donors (Lipinski definition) is 2. The third-order valence-corrected chi connectivity index (χ3v) is 2.48. The number of para-hydroxylation sites is 1. The molecule has 5 heteroatoms. The van der Waals surface area contributed by atoms with E-state index in [-0.39, 0.29) is 11.5 Å². The lowest BCUT2D eigenvalue weighted by Crippen LogP contribution is -2.35. The van der Waals surface area contributed by atoms with Crippen LogP contribution in [0.15, 0.2) is 35.4 Å². The van der Waals surface area contributed by atoms with Gasteiger partial charge in [-0.15, -0.1) is 0 Å². The van der Waals surface area contributed by atoms with Crippen molar-refractivity contribution in [2.24, 2.45) is 5.10 Å². The largest absolute Gasteiger partial charge is 0.355 e. The first-order chi connectivity index (χ1) is 8.72. The third-order valence-electron chi connectivity index (χ3n) is 2.48. The van der Waals surface area contributed by atoms with Crippen LogP contribution < -0.4 is 5.43 Å². The van der Waals surface area contributed by atoms with Gasteiger partial charge in [-0.2, -0.15) is 10.4 Å². The Morgan fingerprint density at radius 2 is 1.94 bits per heavy atom. The Balaban J connectivity index is 2.78. The molecule has 0 heterocycles. The first kappa shape index (κ1) is 13.7. The van der Waals surface area contributed by atoms with Crippen molar-refractivity contribution in [3.05, 3.63) is 30.3 Å². The van der Waals surface area contributed by atoms with Crippen LogP contribution in [-0.4, -0.2) is 29.5 Å². The lowest BCUT2D eigenvalue weighted by Gasteiger charge is -2.19. The molecule has 0 aliphatic heterocycles. The number of nitrogens with one attached hydrogen (secondary N) is 2. The summed E-state index contributed by atoms with van der Waals surface area (Å²) in [6, 6.07) is 11.3. The minimum Gasteiger partial charge on any atom is -0.355 e. The summed E-state index contributed by atoms with van der Waals surface area (Å²) in [5, 5.41) is 20.9. The molecule has 0 fully saturated rings. The van der Waals surface area contributed by atoms with Crippen molar-refractivity contribution in [3.8, 4) is 6.07 Å². The molecule has 1 aromatic rings. The number of benzene rings is 1. The van der Waals surface area contributed by atoms with Gasteiger partial charge in [0, 0.05) is 13.1 Å². The van der Waals surface area contributed by atoms with Gasteiger partial charge in [-0.25, -0.2) is 0 Å². The van der Waals surface area contributed by atoms with Crippen molar-refractivity contribution in [2.75, 3.05) is 18.5 Å². The summed E-state index contributed by atoms with van der Waals surface area (Å²) in [6.07, 6.45) is 0. The van der Waals surface area contributed by atoms with Crippen LogP contribution in [0.4, 0.5) is 5.69 Å².